The van der Waals surface area contributed by atoms with Crippen LogP contribution in [-0.4, -0.2) is 0 Å². The number of benzene rings is 1. The third-order valence-electron chi connectivity index (χ3n) is 3.91. The minimum absolute atomic E-state index is 0.967. The van der Waals surface area contributed by atoms with Gasteiger partial charge in [-0.2, -0.15) is 0 Å². The fourth-order valence-electron chi connectivity index (χ4n) is 2.84. The van der Waals surface area contributed by atoms with Crippen molar-refractivity contribution in [3.05, 3.63) is 56.3 Å². The van der Waals surface area contributed by atoms with Crippen LogP contribution in [0.3, 0.4) is 0 Å². The summed E-state index contributed by atoms with van der Waals surface area (Å²) in [5.41, 5.74) is 5.75. The Balaban J connectivity index is 1.57. The highest BCUT2D eigenvalue weighted by Gasteiger charge is 2.14. The predicted octanol–water partition coefficient (Wildman–Crippen LogP) is 4.14. The van der Waals surface area contributed by atoms with Crippen LogP contribution in [0.5, 0.6) is 0 Å². The fourth-order valence-corrected chi connectivity index (χ4v) is 4.07. The Morgan fingerprint density at radius 1 is 1.11 bits per heavy atom. The van der Waals surface area contributed by atoms with E-state index in [-0.39, 0.29) is 0 Å². The standard InChI is InChI=1S/C17H21NS/c1-12-6-7-15(13(2)8-12)10-18-11-16-9-14-4-3-5-17(14)19-16/h6-9,18H,3-5,10-11H2,1-2H3. The molecule has 0 unspecified atom stereocenters. The molecule has 2 heteroatoms. The zero-order chi connectivity index (χ0) is 13.2. The Bertz CT molecular complexity index is 561. The molecule has 0 saturated carbocycles. The maximum atomic E-state index is 3.58. The van der Waals surface area contributed by atoms with Crippen molar-refractivity contribution >= 4 is 11.3 Å². The number of hydrogen-bond donors (Lipinski definition) is 1. The van der Waals surface area contributed by atoms with E-state index in [0.29, 0.717) is 0 Å². The molecule has 0 bridgehead atoms. The molecule has 1 N–H and O–H groups in total. The van der Waals surface area contributed by atoms with Gasteiger partial charge in [-0.1, -0.05) is 23.8 Å². The third kappa shape index (κ3) is 2.90. The minimum Gasteiger partial charge on any atom is -0.308 e. The smallest absolute Gasteiger partial charge is 0.0303 e. The molecule has 0 amide bonds. The van der Waals surface area contributed by atoms with Crippen LogP contribution in [0.15, 0.2) is 24.3 Å². The van der Waals surface area contributed by atoms with Crippen molar-refractivity contribution in [3.63, 3.8) is 0 Å². The van der Waals surface area contributed by atoms with Crippen molar-refractivity contribution in [2.75, 3.05) is 0 Å². The molecule has 1 aliphatic carbocycles. The fraction of sp³-hybridized carbons (Fsp3) is 0.412. The molecule has 0 aliphatic heterocycles. The lowest BCUT2D eigenvalue weighted by Gasteiger charge is -2.08. The summed E-state index contributed by atoms with van der Waals surface area (Å²) in [6.07, 6.45) is 3.96. The highest BCUT2D eigenvalue weighted by atomic mass is 32.1. The van der Waals surface area contributed by atoms with E-state index in [1.165, 1.54) is 40.8 Å². The summed E-state index contributed by atoms with van der Waals surface area (Å²) < 4.78 is 0. The van der Waals surface area contributed by atoms with Crippen LogP contribution in [0.1, 0.15) is 38.4 Å². The molecule has 0 atom stereocenters. The monoisotopic (exact) mass is 271 g/mol. The first-order valence-electron chi connectivity index (χ1n) is 7.09. The summed E-state index contributed by atoms with van der Waals surface area (Å²) in [4.78, 5) is 3.12. The molecular weight excluding hydrogens is 250 g/mol. The molecule has 0 spiro atoms. The highest BCUT2D eigenvalue weighted by molar-refractivity contribution is 7.12. The SMILES string of the molecule is Cc1ccc(CNCc2cc3c(s2)CCC3)c(C)c1. The molecule has 100 valence electrons. The van der Waals surface area contributed by atoms with Crippen LogP contribution >= 0.6 is 11.3 Å². The Labute approximate surface area is 119 Å². The molecule has 0 radical (unpaired) electrons. The quantitative estimate of drug-likeness (QED) is 0.881. The third-order valence-corrected chi connectivity index (χ3v) is 5.15. The molecule has 0 fully saturated rings. The molecule has 1 aliphatic rings. The maximum Gasteiger partial charge on any atom is 0.0303 e. The number of rotatable bonds is 4. The van der Waals surface area contributed by atoms with Crippen molar-refractivity contribution in [2.24, 2.45) is 0 Å². The molecule has 0 saturated heterocycles. The van der Waals surface area contributed by atoms with Crippen LogP contribution in [-0.2, 0) is 25.9 Å². The van der Waals surface area contributed by atoms with E-state index in [1.54, 1.807) is 10.4 Å². The van der Waals surface area contributed by atoms with Gasteiger partial charge < -0.3 is 5.32 Å². The lowest BCUT2D eigenvalue weighted by Crippen LogP contribution is -2.12. The van der Waals surface area contributed by atoms with Gasteiger partial charge >= 0.3 is 0 Å². The Morgan fingerprint density at radius 2 is 2.00 bits per heavy atom. The van der Waals surface area contributed by atoms with E-state index in [4.69, 9.17) is 0 Å². The van der Waals surface area contributed by atoms with Gasteiger partial charge in [0.1, 0.15) is 0 Å². The first-order chi connectivity index (χ1) is 9.22. The van der Waals surface area contributed by atoms with Crippen LogP contribution in [0.25, 0.3) is 0 Å². The number of fused-ring (bicyclic) bond motifs is 1. The van der Waals surface area contributed by atoms with Gasteiger partial charge in [-0.15, -0.1) is 11.3 Å². The van der Waals surface area contributed by atoms with Gasteiger partial charge in [0, 0.05) is 22.8 Å². The molecule has 19 heavy (non-hydrogen) atoms. The summed E-state index contributed by atoms with van der Waals surface area (Å²) in [7, 11) is 0. The van der Waals surface area contributed by atoms with E-state index in [2.05, 4.69) is 43.4 Å². The number of nitrogens with one attached hydrogen (secondary N) is 1. The van der Waals surface area contributed by atoms with Gasteiger partial charge in [-0.3, -0.25) is 0 Å². The highest BCUT2D eigenvalue weighted by Crippen LogP contribution is 2.30. The minimum atomic E-state index is 0.967. The van der Waals surface area contributed by atoms with Crippen molar-refractivity contribution in [2.45, 2.75) is 46.2 Å². The van der Waals surface area contributed by atoms with Crippen molar-refractivity contribution in [1.29, 1.82) is 0 Å². The maximum absolute atomic E-state index is 3.58. The first-order valence-corrected chi connectivity index (χ1v) is 7.91. The molecule has 1 aromatic heterocycles. The summed E-state index contributed by atoms with van der Waals surface area (Å²) in [6, 6.07) is 9.11. The number of hydrogen-bond acceptors (Lipinski definition) is 2. The van der Waals surface area contributed by atoms with Crippen LogP contribution in [0, 0.1) is 13.8 Å². The van der Waals surface area contributed by atoms with Gasteiger partial charge in [-0.05, 0) is 55.9 Å². The Kier molecular flexibility index (Phi) is 3.72. The average molecular weight is 271 g/mol. The first kappa shape index (κ1) is 12.9. The van der Waals surface area contributed by atoms with Crippen LogP contribution < -0.4 is 5.32 Å². The average Bonchev–Trinajstić information content (AvgIpc) is 2.92. The lowest BCUT2D eigenvalue weighted by molar-refractivity contribution is 0.697. The van der Waals surface area contributed by atoms with E-state index < -0.39 is 0 Å². The van der Waals surface area contributed by atoms with Gasteiger partial charge in [0.15, 0.2) is 0 Å². The topological polar surface area (TPSA) is 12.0 Å². The van der Waals surface area contributed by atoms with Crippen LogP contribution in [0.4, 0.5) is 0 Å². The predicted molar refractivity (Wildman–Crippen MR) is 82.8 cm³/mol. The van der Waals surface area contributed by atoms with Crippen molar-refractivity contribution < 1.29 is 0 Å². The van der Waals surface area contributed by atoms with Gasteiger partial charge in [0.25, 0.3) is 0 Å². The molecular formula is C17H21NS. The lowest BCUT2D eigenvalue weighted by atomic mass is 10.1. The zero-order valence-electron chi connectivity index (χ0n) is 11.8. The second kappa shape index (κ2) is 5.48. The van der Waals surface area contributed by atoms with Gasteiger partial charge in [-0.25, -0.2) is 0 Å². The zero-order valence-corrected chi connectivity index (χ0v) is 12.6. The largest absolute Gasteiger partial charge is 0.308 e. The second-order valence-electron chi connectivity index (χ2n) is 5.55. The van der Waals surface area contributed by atoms with E-state index in [0.717, 1.165) is 13.1 Å². The Morgan fingerprint density at radius 3 is 2.79 bits per heavy atom. The number of aryl methyl sites for hydroxylation is 4. The molecule has 3 rings (SSSR count). The summed E-state index contributed by atoms with van der Waals surface area (Å²) in [5.74, 6) is 0. The normalized spacial score (nSPS) is 13.8. The van der Waals surface area contributed by atoms with Crippen LogP contribution in [0.2, 0.25) is 0 Å². The summed E-state index contributed by atoms with van der Waals surface area (Å²) in [5, 5.41) is 3.58. The Hall–Kier alpha value is -1.12. The number of thiophene rings is 1. The van der Waals surface area contributed by atoms with Gasteiger partial charge in [0.2, 0.25) is 0 Å². The van der Waals surface area contributed by atoms with E-state index in [1.807, 2.05) is 11.3 Å². The molecule has 1 nitrogen and oxygen atoms in total. The summed E-state index contributed by atoms with van der Waals surface area (Å²) in [6.45, 7) is 6.32. The summed E-state index contributed by atoms with van der Waals surface area (Å²) >= 11 is 2.00. The van der Waals surface area contributed by atoms with E-state index >= 15 is 0 Å². The van der Waals surface area contributed by atoms with Crippen molar-refractivity contribution in [3.8, 4) is 0 Å². The molecule has 1 heterocycles. The molecule has 2 aromatic rings. The van der Waals surface area contributed by atoms with E-state index in [9.17, 15) is 0 Å². The molecule has 1 aromatic carbocycles. The second-order valence-corrected chi connectivity index (χ2v) is 6.77. The van der Waals surface area contributed by atoms with Crippen molar-refractivity contribution in [1.82, 2.24) is 5.32 Å². The van der Waals surface area contributed by atoms with Gasteiger partial charge in [0.05, 0.1) is 0 Å².